The molecule has 0 aromatic heterocycles. The minimum atomic E-state index is -0.152. The van der Waals surface area contributed by atoms with Crippen molar-refractivity contribution in [2.45, 2.75) is 31.2 Å². The highest BCUT2D eigenvalue weighted by Gasteiger charge is 2.45. The van der Waals surface area contributed by atoms with Crippen molar-refractivity contribution in [3.05, 3.63) is 35.9 Å². The lowest BCUT2D eigenvalue weighted by molar-refractivity contribution is -0.124. The molecular formula is C15H18N2O2. The molecule has 3 rings (SSSR count). The number of hydrogen-bond acceptors (Lipinski definition) is 2. The van der Waals surface area contributed by atoms with Crippen LogP contribution >= 0.6 is 0 Å². The number of hydrogen-bond donors (Lipinski definition) is 1. The number of likely N-dealkylation sites (tertiary alicyclic amines) is 1. The van der Waals surface area contributed by atoms with Gasteiger partial charge < -0.3 is 10.2 Å². The van der Waals surface area contributed by atoms with Crippen molar-refractivity contribution in [1.29, 1.82) is 0 Å². The lowest BCUT2D eigenvalue weighted by atomic mass is 9.87. The average Bonchev–Trinajstić information content (AvgIpc) is 2.86. The highest BCUT2D eigenvalue weighted by Crippen LogP contribution is 2.36. The molecular weight excluding hydrogens is 240 g/mol. The third-order valence-corrected chi connectivity index (χ3v) is 4.29. The normalized spacial score (nSPS) is 26.5. The summed E-state index contributed by atoms with van der Waals surface area (Å²) in [6, 6.07) is 9.40. The van der Waals surface area contributed by atoms with Gasteiger partial charge in [-0.15, -0.1) is 0 Å². The molecule has 2 saturated heterocycles. The van der Waals surface area contributed by atoms with E-state index in [1.165, 1.54) is 0 Å². The van der Waals surface area contributed by atoms with E-state index in [-0.39, 0.29) is 17.4 Å². The first-order valence-electron chi connectivity index (χ1n) is 6.85. The SMILES string of the molecule is O=C1CC[C@@]2(CCCN2C(=O)c2ccccc2)CN1. The zero-order valence-electron chi connectivity index (χ0n) is 10.9. The van der Waals surface area contributed by atoms with Gasteiger partial charge in [0, 0.05) is 25.1 Å². The summed E-state index contributed by atoms with van der Waals surface area (Å²) in [6.07, 6.45) is 3.33. The van der Waals surface area contributed by atoms with Crippen LogP contribution in [-0.4, -0.2) is 35.3 Å². The summed E-state index contributed by atoms with van der Waals surface area (Å²) in [5, 5.41) is 2.92. The monoisotopic (exact) mass is 258 g/mol. The van der Waals surface area contributed by atoms with Crippen molar-refractivity contribution >= 4 is 11.8 Å². The van der Waals surface area contributed by atoms with Gasteiger partial charge >= 0.3 is 0 Å². The first-order chi connectivity index (χ1) is 9.21. The molecule has 2 fully saturated rings. The van der Waals surface area contributed by atoms with Gasteiger partial charge in [-0.1, -0.05) is 18.2 Å². The Hall–Kier alpha value is -1.84. The van der Waals surface area contributed by atoms with E-state index in [2.05, 4.69) is 5.32 Å². The first kappa shape index (κ1) is 12.2. The molecule has 1 aromatic rings. The van der Waals surface area contributed by atoms with Crippen LogP contribution in [0.4, 0.5) is 0 Å². The van der Waals surface area contributed by atoms with E-state index in [0.29, 0.717) is 13.0 Å². The van der Waals surface area contributed by atoms with Crippen molar-refractivity contribution in [1.82, 2.24) is 10.2 Å². The van der Waals surface area contributed by atoms with Gasteiger partial charge in [0.1, 0.15) is 0 Å². The Morgan fingerprint density at radius 3 is 2.68 bits per heavy atom. The molecule has 0 radical (unpaired) electrons. The number of carbonyl (C=O) groups is 2. The molecule has 1 aromatic carbocycles. The number of amides is 2. The number of nitrogens with one attached hydrogen (secondary N) is 1. The predicted molar refractivity (Wildman–Crippen MR) is 71.7 cm³/mol. The Bertz CT molecular complexity index is 488. The van der Waals surface area contributed by atoms with Crippen LogP contribution in [-0.2, 0) is 4.79 Å². The van der Waals surface area contributed by atoms with Crippen molar-refractivity contribution in [2.75, 3.05) is 13.1 Å². The number of rotatable bonds is 1. The summed E-state index contributed by atoms with van der Waals surface area (Å²) in [6.45, 7) is 1.40. The first-order valence-corrected chi connectivity index (χ1v) is 6.85. The van der Waals surface area contributed by atoms with Crippen LogP contribution in [0, 0.1) is 0 Å². The predicted octanol–water partition coefficient (Wildman–Crippen LogP) is 1.57. The summed E-state index contributed by atoms with van der Waals surface area (Å²) in [4.78, 5) is 25.9. The maximum absolute atomic E-state index is 12.6. The van der Waals surface area contributed by atoms with Crippen LogP contribution in [0.25, 0.3) is 0 Å². The molecule has 1 atom stereocenters. The van der Waals surface area contributed by atoms with Crippen LogP contribution in [0.3, 0.4) is 0 Å². The maximum Gasteiger partial charge on any atom is 0.254 e. The Labute approximate surface area is 112 Å². The van der Waals surface area contributed by atoms with Crippen molar-refractivity contribution < 1.29 is 9.59 Å². The summed E-state index contributed by atoms with van der Waals surface area (Å²) in [5.74, 6) is 0.193. The lowest BCUT2D eigenvalue weighted by Crippen LogP contribution is -2.57. The molecule has 0 unspecified atom stereocenters. The number of benzene rings is 1. The van der Waals surface area contributed by atoms with Gasteiger partial charge in [-0.05, 0) is 31.4 Å². The fourth-order valence-electron chi connectivity index (χ4n) is 3.22. The van der Waals surface area contributed by atoms with Gasteiger partial charge in [0.2, 0.25) is 5.91 Å². The summed E-state index contributed by atoms with van der Waals surface area (Å²) in [7, 11) is 0. The number of nitrogens with zero attached hydrogens (tertiary/aromatic N) is 1. The largest absolute Gasteiger partial charge is 0.354 e. The molecule has 19 heavy (non-hydrogen) atoms. The smallest absolute Gasteiger partial charge is 0.254 e. The van der Waals surface area contributed by atoms with Crippen LogP contribution in [0.15, 0.2) is 30.3 Å². The molecule has 0 aliphatic carbocycles. The number of piperidine rings is 1. The van der Waals surface area contributed by atoms with E-state index in [1.54, 1.807) is 0 Å². The van der Waals surface area contributed by atoms with E-state index >= 15 is 0 Å². The molecule has 2 heterocycles. The quantitative estimate of drug-likeness (QED) is 0.831. The fraction of sp³-hybridized carbons (Fsp3) is 0.467. The zero-order valence-corrected chi connectivity index (χ0v) is 10.9. The highest BCUT2D eigenvalue weighted by molar-refractivity contribution is 5.95. The van der Waals surface area contributed by atoms with Gasteiger partial charge in [0.05, 0.1) is 5.54 Å². The molecule has 100 valence electrons. The van der Waals surface area contributed by atoms with Gasteiger partial charge in [-0.25, -0.2) is 0 Å². The molecule has 2 aliphatic rings. The van der Waals surface area contributed by atoms with Gasteiger partial charge in [-0.2, -0.15) is 0 Å². The topological polar surface area (TPSA) is 49.4 Å². The lowest BCUT2D eigenvalue weighted by Gasteiger charge is -2.41. The molecule has 1 N–H and O–H groups in total. The van der Waals surface area contributed by atoms with Crippen molar-refractivity contribution in [3.8, 4) is 0 Å². The summed E-state index contributed by atoms with van der Waals surface area (Å²) >= 11 is 0. The Morgan fingerprint density at radius 2 is 2.00 bits per heavy atom. The van der Waals surface area contributed by atoms with Crippen LogP contribution in [0.2, 0.25) is 0 Å². The van der Waals surface area contributed by atoms with Gasteiger partial charge in [0.25, 0.3) is 5.91 Å². The summed E-state index contributed by atoms with van der Waals surface area (Å²) < 4.78 is 0. The molecule has 4 nitrogen and oxygen atoms in total. The third kappa shape index (κ3) is 2.11. The molecule has 0 bridgehead atoms. The second kappa shape index (κ2) is 4.68. The Kier molecular flexibility index (Phi) is 3.01. The molecule has 2 amide bonds. The van der Waals surface area contributed by atoms with Crippen molar-refractivity contribution in [3.63, 3.8) is 0 Å². The Morgan fingerprint density at radius 1 is 1.21 bits per heavy atom. The molecule has 0 saturated carbocycles. The van der Waals surface area contributed by atoms with Crippen LogP contribution in [0.5, 0.6) is 0 Å². The van der Waals surface area contributed by atoms with E-state index < -0.39 is 0 Å². The second-order valence-corrected chi connectivity index (χ2v) is 5.43. The Balaban J connectivity index is 1.84. The average molecular weight is 258 g/mol. The standard InChI is InChI=1S/C15H18N2O2/c18-13-7-9-15(11-16-13)8-4-10-17(15)14(19)12-5-2-1-3-6-12/h1-3,5-6H,4,7-11H2,(H,16,18)/t15-/m0/s1. The van der Waals surface area contributed by atoms with Crippen LogP contribution in [0.1, 0.15) is 36.0 Å². The highest BCUT2D eigenvalue weighted by atomic mass is 16.2. The van der Waals surface area contributed by atoms with Crippen LogP contribution < -0.4 is 5.32 Å². The summed E-state index contributed by atoms with van der Waals surface area (Å²) in [5.41, 5.74) is 0.585. The van der Waals surface area contributed by atoms with E-state index in [4.69, 9.17) is 0 Å². The number of carbonyl (C=O) groups excluding carboxylic acids is 2. The van der Waals surface area contributed by atoms with E-state index in [1.807, 2.05) is 35.2 Å². The molecule has 2 aliphatic heterocycles. The minimum Gasteiger partial charge on any atom is -0.354 e. The van der Waals surface area contributed by atoms with E-state index in [0.717, 1.165) is 31.4 Å². The van der Waals surface area contributed by atoms with Gasteiger partial charge in [0.15, 0.2) is 0 Å². The maximum atomic E-state index is 12.6. The second-order valence-electron chi connectivity index (χ2n) is 5.43. The zero-order chi connectivity index (χ0) is 13.3. The minimum absolute atomic E-state index is 0.0919. The van der Waals surface area contributed by atoms with E-state index in [9.17, 15) is 9.59 Å². The molecule has 1 spiro atoms. The third-order valence-electron chi connectivity index (χ3n) is 4.29. The van der Waals surface area contributed by atoms with Crippen molar-refractivity contribution in [2.24, 2.45) is 0 Å². The molecule has 4 heteroatoms. The fourth-order valence-corrected chi connectivity index (χ4v) is 3.22. The van der Waals surface area contributed by atoms with Gasteiger partial charge in [-0.3, -0.25) is 9.59 Å².